The molecule has 4 heteroatoms. The quantitative estimate of drug-likeness (QED) is 0.521. The Labute approximate surface area is 74.8 Å². The molecule has 0 aliphatic rings. The molecule has 0 radical (unpaired) electrons. The average molecular weight is 188 g/mol. The molecule has 0 N–H and O–H groups in total. The molecule has 0 bridgehead atoms. The van der Waals surface area contributed by atoms with Crippen LogP contribution in [0.3, 0.4) is 0 Å². The van der Waals surface area contributed by atoms with Crippen LogP contribution in [-0.4, -0.2) is 18.8 Å². The monoisotopic (exact) mass is 188 g/mol. The lowest BCUT2D eigenvalue weighted by Crippen LogP contribution is -2.03. The molecular weight excluding hydrogens is 180 g/mol. The number of hydrogen-bond donors (Lipinski definition) is 0. The molecule has 11 heavy (non-hydrogen) atoms. The normalized spacial score (nSPS) is 9.09. The van der Waals surface area contributed by atoms with Crippen molar-refractivity contribution in [3.63, 3.8) is 0 Å². The van der Waals surface area contributed by atoms with Crippen molar-refractivity contribution in [3.8, 4) is 5.06 Å². The predicted octanol–water partition coefficient (Wildman–Crippen LogP) is 2.10. The van der Waals surface area contributed by atoms with E-state index in [9.17, 15) is 0 Å². The molecule has 1 aromatic heterocycles. The van der Waals surface area contributed by atoms with E-state index in [2.05, 4.69) is 12.2 Å². The van der Waals surface area contributed by atoms with Crippen molar-refractivity contribution in [1.82, 2.24) is 0 Å². The fourth-order valence-corrected chi connectivity index (χ4v) is 1.28. The van der Waals surface area contributed by atoms with Gasteiger partial charge in [-0.05, 0) is 29.7 Å². The van der Waals surface area contributed by atoms with Gasteiger partial charge in [0.1, 0.15) is 18.8 Å². The molecule has 0 fully saturated rings. The molecule has 1 rings (SSSR count). The molecule has 0 saturated heterocycles. The van der Waals surface area contributed by atoms with Crippen molar-refractivity contribution < 1.29 is 9.47 Å². The van der Waals surface area contributed by atoms with Crippen LogP contribution in [0.4, 0.5) is 0 Å². The van der Waals surface area contributed by atoms with Gasteiger partial charge >= 0.3 is 0 Å². The second-order valence-corrected chi connectivity index (χ2v) is 2.85. The van der Waals surface area contributed by atoms with Crippen molar-refractivity contribution in [2.75, 3.05) is 13.2 Å². The molecule has 1 heterocycles. The van der Waals surface area contributed by atoms with E-state index in [1.807, 2.05) is 17.5 Å². The maximum absolute atomic E-state index is 5.28. The van der Waals surface area contributed by atoms with Gasteiger partial charge < -0.3 is 9.47 Å². The van der Waals surface area contributed by atoms with Gasteiger partial charge in [-0.1, -0.05) is 0 Å². The Hall–Kier alpha value is -0.610. The molecule has 1 aromatic rings. The largest absolute Gasteiger partial charge is 0.486 e. The van der Waals surface area contributed by atoms with Crippen LogP contribution in [-0.2, 0) is 4.74 Å². The number of rotatable bonds is 5. The number of ether oxygens (including phenoxy) is 2. The first-order chi connectivity index (χ1) is 5.43. The van der Waals surface area contributed by atoms with Gasteiger partial charge in [-0.3, -0.25) is 0 Å². The molecule has 0 saturated carbocycles. The highest BCUT2D eigenvalue weighted by Crippen LogP contribution is 2.17. The van der Waals surface area contributed by atoms with E-state index in [1.165, 1.54) is 5.55 Å². The lowest BCUT2D eigenvalue weighted by molar-refractivity contribution is 0.223. The molecule has 0 aliphatic heterocycles. The maximum atomic E-state index is 5.28. The standard InChI is InChI=1S/C7H8O2S2/c10-6-8-3-4-9-7-2-1-5-11-7/h1-2,5-6H,3-4H2. The fraction of sp³-hybridized carbons (Fsp3) is 0.286. The summed E-state index contributed by atoms with van der Waals surface area (Å²) in [5.41, 5.74) is 1.25. The Bertz CT molecular complexity index is 196. The van der Waals surface area contributed by atoms with Crippen molar-refractivity contribution in [2.45, 2.75) is 0 Å². The summed E-state index contributed by atoms with van der Waals surface area (Å²) < 4.78 is 10.1. The van der Waals surface area contributed by atoms with E-state index < -0.39 is 0 Å². The van der Waals surface area contributed by atoms with Crippen LogP contribution in [0.25, 0.3) is 0 Å². The lowest BCUT2D eigenvalue weighted by Gasteiger charge is -2.00. The molecule has 0 aliphatic carbocycles. The van der Waals surface area contributed by atoms with Crippen LogP contribution in [0.15, 0.2) is 17.5 Å². The maximum Gasteiger partial charge on any atom is 0.173 e. The predicted molar refractivity (Wildman–Crippen MR) is 49.4 cm³/mol. The Morgan fingerprint density at radius 1 is 1.55 bits per heavy atom. The fourth-order valence-electron chi connectivity index (χ4n) is 0.584. The zero-order valence-corrected chi connectivity index (χ0v) is 7.49. The minimum absolute atomic E-state index is 0.515. The Morgan fingerprint density at radius 3 is 3.09 bits per heavy atom. The molecule has 0 atom stereocenters. The van der Waals surface area contributed by atoms with Gasteiger partial charge in [-0.25, -0.2) is 0 Å². The SMILES string of the molecule is S=COCCOc1cccs1. The van der Waals surface area contributed by atoms with Gasteiger partial charge in [0, 0.05) is 0 Å². The summed E-state index contributed by atoms with van der Waals surface area (Å²) in [5, 5.41) is 2.88. The van der Waals surface area contributed by atoms with Crippen LogP contribution >= 0.6 is 23.6 Å². The van der Waals surface area contributed by atoms with Gasteiger partial charge in [0.15, 0.2) is 5.06 Å². The van der Waals surface area contributed by atoms with Crippen LogP contribution in [0.5, 0.6) is 5.06 Å². The smallest absolute Gasteiger partial charge is 0.173 e. The molecule has 2 nitrogen and oxygen atoms in total. The zero-order chi connectivity index (χ0) is 7.94. The number of thiophene rings is 1. The Morgan fingerprint density at radius 2 is 2.45 bits per heavy atom. The van der Waals surface area contributed by atoms with Crippen LogP contribution < -0.4 is 4.74 Å². The minimum atomic E-state index is 0.515. The molecular formula is C7H8O2S2. The summed E-state index contributed by atoms with van der Waals surface area (Å²) in [6.07, 6.45) is 0. The van der Waals surface area contributed by atoms with Gasteiger partial charge in [0.25, 0.3) is 0 Å². The van der Waals surface area contributed by atoms with Crippen molar-refractivity contribution in [1.29, 1.82) is 0 Å². The summed E-state index contributed by atoms with van der Waals surface area (Å²) in [4.78, 5) is 0. The Balaban J connectivity index is 2.09. The number of thiocarbonyl (C=S) groups is 1. The molecule has 0 aromatic carbocycles. The summed E-state index contributed by atoms with van der Waals surface area (Å²) >= 11 is 6.03. The lowest BCUT2D eigenvalue weighted by atomic mass is 10.6. The third-order valence-electron chi connectivity index (χ3n) is 1.01. The average Bonchev–Trinajstić information content (AvgIpc) is 2.50. The van der Waals surface area contributed by atoms with Gasteiger partial charge in [-0.2, -0.15) is 0 Å². The van der Waals surface area contributed by atoms with Crippen LogP contribution in [0.2, 0.25) is 0 Å². The second-order valence-electron chi connectivity index (χ2n) is 1.75. The molecule has 0 unspecified atom stereocenters. The summed E-state index contributed by atoms with van der Waals surface area (Å²) in [7, 11) is 0. The summed E-state index contributed by atoms with van der Waals surface area (Å²) in [5.74, 6) is 0. The molecule has 60 valence electrons. The van der Waals surface area contributed by atoms with E-state index in [1.54, 1.807) is 11.3 Å². The first-order valence-corrected chi connectivity index (χ1v) is 4.50. The first-order valence-electron chi connectivity index (χ1n) is 3.15. The molecule has 0 amide bonds. The van der Waals surface area contributed by atoms with Crippen LogP contribution in [0, 0.1) is 0 Å². The highest BCUT2D eigenvalue weighted by Gasteiger charge is 1.91. The van der Waals surface area contributed by atoms with E-state index in [0.717, 1.165) is 5.06 Å². The third kappa shape index (κ3) is 3.34. The Kier molecular flexibility index (Phi) is 3.93. The van der Waals surface area contributed by atoms with Crippen molar-refractivity contribution in [2.24, 2.45) is 0 Å². The highest BCUT2D eigenvalue weighted by molar-refractivity contribution is 7.78. The topological polar surface area (TPSA) is 18.5 Å². The summed E-state index contributed by atoms with van der Waals surface area (Å²) in [6, 6.07) is 3.86. The van der Waals surface area contributed by atoms with Gasteiger partial charge in [-0.15, -0.1) is 11.3 Å². The van der Waals surface area contributed by atoms with E-state index in [-0.39, 0.29) is 0 Å². The van der Waals surface area contributed by atoms with Gasteiger partial charge in [0.05, 0.1) is 0 Å². The van der Waals surface area contributed by atoms with E-state index >= 15 is 0 Å². The summed E-state index contributed by atoms with van der Waals surface area (Å²) in [6.45, 7) is 1.06. The second kappa shape index (κ2) is 5.09. The van der Waals surface area contributed by atoms with E-state index in [4.69, 9.17) is 9.47 Å². The van der Waals surface area contributed by atoms with Gasteiger partial charge in [0.2, 0.25) is 0 Å². The van der Waals surface area contributed by atoms with Crippen molar-refractivity contribution >= 4 is 29.1 Å². The van der Waals surface area contributed by atoms with E-state index in [0.29, 0.717) is 13.2 Å². The van der Waals surface area contributed by atoms with Crippen LogP contribution in [0.1, 0.15) is 0 Å². The zero-order valence-electron chi connectivity index (χ0n) is 5.86. The first kappa shape index (κ1) is 8.49. The molecule has 0 spiro atoms. The minimum Gasteiger partial charge on any atom is -0.486 e. The highest BCUT2D eigenvalue weighted by atomic mass is 32.1. The van der Waals surface area contributed by atoms with Crippen molar-refractivity contribution in [3.05, 3.63) is 17.5 Å². The number of hydrogen-bond acceptors (Lipinski definition) is 4. The third-order valence-corrected chi connectivity index (χ3v) is 1.92.